The summed E-state index contributed by atoms with van der Waals surface area (Å²) in [4.78, 5) is 19.2. The van der Waals surface area contributed by atoms with Crippen LogP contribution in [0.4, 0.5) is 6.01 Å². The minimum atomic E-state index is -0.0874. The number of hydrogen-bond donors (Lipinski definition) is 0. The summed E-state index contributed by atoms with van der Waals surface area (Å²) in [6, 6.07) is 13.7. The van der Waals surface area contributed by atoms with Gasteiger partial charge in [0.05, 0.1) is 11.7 Å². The molecule has 0 aliphatic carbocycles. The number of nitrogens with zero attached hydrogens (tertiary/aromatic N) is 6. The van der Waals surface area contributed by atoms with Gasteiger partial charge >= 0.3 is 0 Å². The van der Waals surface area contributed by atoms with Crippen molar-refractivity contribution < 1.29 is 4.42 Å². The third-order valence-corrected chi connectivity index (χ3v) is 5.40. The topological polar surface area (TPSA) is 82.0 Å². The number of oxazole rings is 1. The lowest BCUT2D eigenvalue weighted by molar-refractivity contribution is 0.343. The Balaban J connectivity index is 1.37. The summed E-state index contributed by atoms with van der Waals surface area (Å²) in [6.07, 6.45) is 1.60. The van der Waals surface area contributed by atoms with Crippen molar-refractivity contribution in [2.45, 2.75) is 32.7 Å². The van der Waals surface area contributed by atoms with E-state index in [2.05, 4.69) is 20.1 Å². The van der Waals surface area contributed by atoms with E-state index in [4.69, 9.17) is 4.42 Å². The molecule has 0 N–H and O–H groups in total. The first-order valence-electron chi connectivity index (χ1n) is 9.82. The lowest BCUT2D eigenvalue weighted by atomic mass is 10.1. The first kappa shape index (κ1) is 17.7. The van der Waals surface area contributed by atoms with Gasteiger partial charge in [-0.1, -0.05) is 12.1 Å². The molecule has 0 spiro atoms. The van der Waals surface area contributed by atoms with Crippen molar-refractivity contribution in [3.8, 4) is 5.82 Å². The molecule has 0 unspecified atom stereocenters. The summed E-state index contributed by atoms with van der Waals surface area (Å²) in [5, 5.41) is 9.10. The SMILES string of the molecule is Cc1cc(C)n(-c2ccc(=O)n(C3CCN(c4nc5ccccc5o4)CC3)n2)n1. The van der Waals surface area contributed by atoms with Crippen LogP contribution in [0.2, 0.25) is 0 Å². The first-order chi connectivity index (χ1) is 14.1. The number of anilines is 1. The Morgan fingerprint density at radius 2 is 1.83 bits per heavy atom. The van der Waals surface area contributed by atoms with Crippen molar-refractivity contribution in [2.24, 2.45) is 0 Å². The number of aromatic nitrogens is 5. The standard InChI is InChI=1S/C21H22N6O2/c1-14-13-15(2)26(23-14)19-7-8-20(28)27(24-19)16-9-11-25(12-10-16)21-22-17-5-3-4-6-18(17)29-21/h3-8,13,16H,9-12H2,1-2H3. The van der Waals surface area contributed by atoms with E-state index in [1.807, 2.05) is 44.2 Å². The third kappa shape index (κ3) is 3.20. The molecule has 0 atom stereocenters. The van der Waals surface area contributed by atoms with Crippen molar-refractivity contribution in [2.75, 3.05) is 18.0 Å². The molecule has 1 aromatic carbocycles. The molecular weight excluding hydrogens is 368 g/mol. The second-order valence-electron chi connectivity index (χ2n) is 7.50. The minimum absolute atomic E-state index is 0.0417. The predicted octanol–water partition coefficient (Wildman–Crippen LogP) is 3.03. The molecule has 8 nitrogen and oxygen atoms in total. The van der Waals surface area contributed by atoms with E-state index in [0.29, 0.717) is 11.8 Å². The van der Waals surface area contributed by atoms with Crippen molar-refractivity contribution in [3.05, 3.63) is 64.2 Å². The first-order valence-corrected chi connectivity index (χ1v) is 9.82. The van der Waals surface area contributed by atoms with Gasteiger partial charge in [0.1, 0.15) is 5.52 Å². The summed E-state index contributed by atoms with van der Waals surface area (Å²) < 4.78 is 9.27. The number of aryl methyl sites for hydroxylation is 2. The monoisotopic (exact) mass is 390 g/mol. The van der Waals surface area contributed by atoms with E-state index in [0.717, 1.165) is 48.4 Å². The van der Waals surface area contributed by atoms with Crippen LogP contribution in [-0.4, -0.2) is 37.6 Å². The lowest BCUT2D eigenvalue weighted by Crippen LogP contribution is -2.38. The van der Waals surface area contributed by atoms with E-state index in [-0.39, 0.29) is 11.6 Å². The highest BCUT2D eigenvalue weighted by Gasteiger charge is 2.25. The molecule has 0 saturated carbocycles. The molecule has 3 aromatic heterocycles. The quantitative estimate of drug-likeness (QED) is 0.535. The average molecular weight is 390 g/mol. The van der Waals surface area contributed by atoms with Crippen molar-refractivity contribution in [1.29, 1.82) is 0 Å². The van der Waals surface area contributed by atoms with Crippen LogP contribution >= 0.6 is 0 Å². The minimum Gasteiger partial charge on any atom is -0.423 e. The van der Waals surface area contributed by atoms with Gasteiger partial charge in [-0.3, -0.25) is 4.79 Å². The summed E-state index contributed by atoms with van der Waals surface area (Å²) in [5.74, 6) is 0.664. The van der Waals surface area contributed by atoms with E-state index in [1.165, 1.54) is 0 Å². The van der Waals surface area contributed by atoms with Crippen LogP contribution in [0.3, 0.4) is 0 Å². The molecular formula is C21H22N6O2. The number of hydrogen-bond acceptors (Lipinski definition) is 6. The highest BCUT2D eigenvalue weighted by molar-refractivity contribution is 5.74. The Morgan fingerprint density at radius 1 is 1.03 bits per heavy atom. The zero-order chi connectivity index (χ0) is 20.0. The summed E-state index contributed by atoms with van der Waals surface area (Å²) in [5.41, 5.74) is 3.48. The maximum absolute atomic E-state index is 12.5. The second kappa shape index (κ2) is 6.88. The van der Waals surface area contributed by atoms with Crippen LogP contribution in [0.25, 0.3) is 16.9 Å². The molecule has 1 aliphatic heterocycles. The fraction of sp³-hybridized carbons (Fsp3) is 0.333. The summed E-state index contributed by atoms with van der Waals surface area (Å²) >= 11 is 0. The van der Waals surface area contributed by atoms with E-state index in [1.54, 1.807) is 21.5 Å². The van der Waals surface area contributed by atoms with E-state index < -0.39 is 0 Å². The maximum atomic E-state index is 12.5. The largest absolute Gasteiger partial charge is 0.423 e. The van der Waals surface area contributed by atoms with Gasteiger partial charge in [0.15, 0.2) is 11.4 Å². The van der Waals surface area contributed by atoms with Gasteiger partial charge < -0.3 is 9.32 Å². The van der Waals surface area contributed by atoms with Crippen molar-refractivity contribution in [3.63, 3.8) is 0 Å². The van der Waals surface area contributed by atoms with Crippen LogP contribution in [-0.2, 0) is 0 Å². The normalized spacial score (nSPS) is 15.3. The zero-order valence-electron chi connectivity index (χ0n) is 16.4. The van der Waals surface area contributed by atoms with Crippen LogP contribution in [0.1, 0.15) is 30.3 Å². The second-order valence-corrected chi connectivity index (χ2v) is 7.50. The van der Waals surface area contributed by atoms with Gasteiger partial charge in [0, 0.05) is 24.8 Å². The Hall–Kier alpha value is -3.42. The number of fused-ring (bicyclic) bond motifs is 1. The molecule has 5 rings (SSSR count). The van der Waals surface area contributed by atoms with Gasteiger partial charge in [-0.2, -0.15) is 10.1 Å². The molecule has 0 bridgehead atoms. The molecule has 148 valence electrons. The predicted molar refractivity (Wildman–Crippen MR) is 110 cm³/mol. The van der Waals surface area contributed by atoms with E-state index >= 15 is 0 Å². The molecule has 0 amide bonds. The number of para-hydroxylation sites is 2. The average Bonchev–Trinajstić information content (AvgIpc) is 3.31. The number of piperidine rings is 1. The van der Waals surface area contributed by atoms with Gasteiger partial charge in [-0.15, -0.1) is 5.10 Å². The van der Waals surface area contributed by atoms with Gasteiger partial charge in [0.2, 0.25) is 0 Å². The highest BCUT2D eigenvalue weighted by Crippen LogP contribution is 2.27. The lowest BCUT2D eigenvalue weighted by Gasteiger charge is -2.31. The van der Waals surface area contributed by atoms with Gasteiger partial charge in [-0.05, 0) is 51.0 Å². The molecule has 29 heavy (non-hydrogen) atoms. The van der Waals surface area contributed by atoms with Crippen LogP contribution in [0, 0.1) is 13.8 Å². The molecule has 4 aromatic rings. The molecule has 4 heterocycles. The van der Waals surface area contributed by atoms with Crippen molar-refractivity contribution in [1.82, 2.24) is 24.5 Å². The fourth-order valence-electron chi connectivity index (χ4n) is 3.95. The third-order valence-electron chi connectivity index (χ3n) is 5.40. The molecule has 1 aliphatic rings. The number of benzene rings is 1. The van der Waals surface area contributed by atoms with Crippen LogP contribution < -0.4 is 10.5 Å². The maximum Gasteiger partial charge on any atom is 0.298 e. The summed E-state index contributed by atoms with van der Waals surface area (Å²) in [6.45, 7) is 5.45. The Labute approximate surface area is 167 Å². The molecule has 1 saturated heterocycles. The van der Waals surface area contributed by atoms with E-state index in [9.17, 15) is 4.79 Å². The Bertz CT molecular complexity index is 1200. The molecule has 1 fully saturated rings. The van der Waals surface area contributed by atoms with Gasteiger partial charge in [0.25, 0.3) is 11.6 Å². The zero-order valence-corrected chi connectivity index (χ0v) is 16.4. The smallest absolute Gasteiger partial charge is 0.298 e. The van der Waals surface area contributed by atoms with Crippen LogP contribution in [0.15, 0.2) is 51.7 Å². The fourth-order valence-corrected chi connectivity index (χ4v) is 3.95. The van der Waals surface area contributed by atoms with Gasteiger partial charge in [-0.25, -0.2) is 9.36 Å². The molecule has 8 heteroatoms. The number of rotatable bonds is 3. The summed E-state index contributed by atoms with van der Waals surface area (Å²) in [7, 11) is 0. The van der Waals surface area contributed by atoms with Crippen LogP contribution in [0.5, 0.6) is 0 Å². The molecule has 0 radical (unpaired) electrons. The Kier molecular flexibility index (Phi) is 4.19. The Morgan fingerprint density at radius 3 is 2.55 bits per heavy atom. The van der Waals surface area contributed by atoms with Crippen molar-refractivity contribution >= 4 is 17.1 Å². The highest BCUT2D eigenvalue weighted by atomic mass is 16.4.